The second-order valence-electron chi connectivity index (χ2n) is 8.26. The van der Waals surface area contributed by atoms with Crippen molar-refractivity contribution in [2.45, 2.75) is 32.9 Å². The van der Waals surface area contributed by atoms with Crippen molar-refractivity contribution in [2.75, 3.05) is 45.2 Å². The number of carbonyl (C=O) groups excluding carboxylic acids is 2. The molecule has 0 radical (unpaired) electrons. The Kier molecular flexibility index (Phi) is 7.83. The number of carbonyl (C=O) groups is 2. The third-order valence-corrected chi connectivity index (χ3v) is 6.92. The number of hydrogen-bond acceptors (Lipinski definition) is 5. The molecule has 170 valence electrons. The Hall–Kier alpha value is -2.26. The molecule has 2 aromatic rings. The number of amides is 2. The molecule has 2 amide bonds. The number of hydrogen-bond donors (Lipinski definition) is 1. The number of para-hydroxylation sites is 2. The molecule has 1 fully saturated rings. The monoisotopic (exact) mass is 447 g/mol. The molecule has 3 rings (SSSR count). The van der Waals surface area contributed by atoms with Crippen LogP contribution in [0.4, 0.5) is 4.79 Å². The van der Waals surface area contributed by atoms with Crippen LogP contribution in [0.25, 0.3) is 11.0 Å². The number of imidazole rings is 1. The van der Waals surface area contributed by atoms with E-state index in [2.05, 4.69) is 10.2 Å². The standard InChI is InChI=1S/C22H33N5O3S/c1-5-16(2)19(20(28)24(3)4)23-21(29)27-18-9-7-6-8-17(18)26(22(27)30)11-10-25-12-14-31-15-13-25/h6-9,16,19H,5,10-15H2,1-4H3,(H,23,29)/t16-,19?/m0/s1. The van der Waals surface area contributed by atoms with Crippen molar-refractivity contribution in [1.82, 2.24) is 24.3 Å². The van der Waals surface area contributed by atoms with Crippen LogP contribution in [-0.2, 0) is 11.3 Å². The van der Waals surface area contributed by atoms with Crippen LogP contribution in [-0.4, -0.2) is 82.1 Å². The molecule has 1 aromatic carbocycles. The molecule has 2 atom stereocenters. The Balaban J connectivity index is 1.90. The number of benzene rings is 1. The van der Waals surface area contributed by atoms with Gasteiger partial charge in [0.05, 0.1) is 11.0 Å². The molecule has 2 heterocycles. The van der Waals surface area contributed by atoms with E-state index in [-0.39, 0.29) is 17.5 Å². The molecule has 1 aliphatic heterocycles. The van der Waals surface area contributed by atoms with Gasteiger partial charge in [-0.2, -0.15) is 11.8 Å². The number of thioether (sulfide) groups is 1. The van der Waals surface area contributed by atoms with Gasteiger partial charge in [0.15, 0.2) is 0 Å². The van der Waals surface area contributed by atoms with E-state index in [1.54, 1.807) is 24.7 Å². The molecule has 9 heteroatoms. The second-order valence-corrected chi connectivity index (χ2v) is 9.48. The summed E-state index contributed by atoms with van der Waals surface area (Å²) in [5, 5.41) is 2.82. The first-order valence-electron chi connectivity index (χ1n) is 10.9. The first kappa shape index (κ1) is 23.4. The van der Waals surface area contributed by atoms with Gasteiger partial charge >= 0.3 is 11.7 Å². The Bertz CT molecular complexity index is 977. The van der Waals surface area contributed by atoms with Gasteiger partial charge in [0, 0.05) is 51.8 Å². The van der Waals surface area contributed by atoms with Gasteiger partial charge in [-0.05, 0) is 18.1 Å². The molecular formula is C22H33N5O3S. The van der Waals surface area contributed by atoms with Crippen molar-refractivity contribution in [3.63, 3.8) is 0 Å². The SMILES string of the molecule is CC[C@H](C)C(NC(=O)n1c(=O)n(CCN2CCSCC2)c2ccccc21)C(=O)N(C)C. The smallest absolute Gasteiger partial charge is 0.337 e. The molecule has 1 saturated heterocycles. The van der Waals surface area contributed by atoms with Crippen LogP contribution in [0.1, 0.15) is 20.3 Å². The Labute approximate surface area is 187 Å². The van der Waals surface area contributed by atoms with E-state index in [0.29, 0.717) is 12.1 Å². The van der Waals surface area contributed by atoms with E-state index in [4.69, 9.17) is 0 Å². The highest BCUT2D eigenvalue weighted by Gasteiger charge is 2.29. The first-order chi connectivity index (χ1) is 14.8. The molecule has 8 nitrogen and oxygen atoms in total. The molecule has 1 unspecified atom stereocenters. The van der Waals surface area contributed by atoms with Crippen LogP contribution in [0.3, 0.4) is 0 Å². The number of nitrogens with zero attached hydrogens (tertiary/aromatic N) is 4. The van der Waals surface area contributed by atoms with Gasteiger partial charge in [0.25, 0.3) is 0 Å². The van der Waals surface area contributed by atoms with Crippen LogP contribution in [0, 0.1) is 5.92 Å². The second kappa shape index (κ2) is 10.4. The summed E-state index contributed by atoms with van der Waals surface area (Å²) in [6.07, 6.45) is 0.731. The van der Waals surface area contributed by atoms with Crippen molar-refractivity contribution >= 4 is 34.7 Å². The fourth-order valence-corrected chi connectivity index (χ4v) is 4.82. The Morgan fingerprint density at radius 1 is 1.13 bits per heavy atom. The van der Waals surface area contributed by atoms with E-state index in [1.807, 2.05) is 43.8 Å². The minimum atomic E-state index is -0.688. The van der Waals surface area contributed by atoms with Gasteiger partial charge in [-0.25, -0.2) is 14.2 Å². The molecule has 0 saturated carbocycles. The summed E-state index contributed by atoms with van der Waals surface area (Å²) in [5.74, 6) is 1.98. The predicted octanol–water partition coefficient (Wildman–Crippen LogP) is 1.91. The van der Waals surface area contributed by atoms with Crippen LogP contribution in [0.5, 0.6) is 0 Å². The normalized spacial score (nSPS) is 16.8. The van der Waals surface area contributed by atoms with E-state index >= 15 is 0 Å². The zero-order valence-corrected chi connectivity index (χ0v) is 19.7. The summed E-state index contributed by atoms with van der Waals surface area (Å²) in [6.45, 7) is 7.23. The lowest BCUT2D eigenvalue weighted by molar-refractivity contribution is -0.131. The van der Waals surface area contributed by atoms with E-state index in [0.717, 1.165) is 43.1 Å². The third-order valence-electron chi connectivity index (χ3n) is 5.98. The lowest BCUT2D eigenvalue weighted by Crippen LogP contribution is -2.52. The zero-order chi connectivity index (χ0) is 22.5. The fraction of sp³-hybridized carbons (Fsp3) is 0.591. The minimum Gasteiger partial charge on any atom is -0.347 e. The Morgan fingerprint density at radius 3 is 2.39 bits per heavy atom. The summed E-state index contributed by atoms with van der Waals surface area (Å²) >= 11 is 1.95. The number of fused-ring (bicyclic) bond motifs is 1. The number of rotatable bonds is 7. The van der Waals surface area contributed by atoms with Crippen LogP contribution in [0.2, 0.25) is 0 Å². The highest BCUT2D eigenvalue weighted by molar-refractivity contribution is 7.99. The van der Waals surface area contributed by atoms with Crippen molar-refractivity contribution in [1.29, 1.82) is 0 Å². The summed E-state index contributed by atoms with van der Waals surface area (Å²) in [4.78, 5) is 43.0. The van der Waals surface area contributed by atoms with Gasteiger partial charge in [0.1, 0.15) is 6.04 Å². The zero-order valence-electron chi connectivity index (χ0n) is 18.8. The van der Waals surface area contributed by atoms with Crippen molar-refractivity contribution < 1.29 is 9.59 Å². The lowest BCUT2D eigenvalue weighted by Gasteiger charge is -2.26. The quantitative estimate of drug-likeness (QED) is 0.702. The predicted molar refractivity (Wildman–Crippen MR) is 126 cm³/mol. The number of aromatic nitrogens is 2. The van der Waals surface area contributed by atoms with E-state index < -0.39 is 12.1 Å². The van der Waals surface area contributed by atoms with Gasteiger partial charge in [-0.15, -0.1) is 0 Å². The summed E-state index contributed by atoms with van der Waals surface area (Å²) in [7, 11) is 3.34. The van der Waals surface area contributed by atoms with Crippen molar-refractivity contribution in [2.24, 2.45) is 5.92 Å². The Morgan fingerprint density at radius 2 is 1.77 bits per heavy atom. The summed E-state index contributed by atoms with van der Waals surface area (Å²) in [6, 6.07) is 6.08. The van der Waals surface area contributed by atoms with Gasteiger partial charge < -0.3 is 10.2 Å². The van der Waals surface area contributed by atoms with Crippen molar-refractivity contribution in [3.05, 3.63) is 34.7 Å². The first-order valence-corrected chi connectivity index (χ1v) is 12.0. The molecule has 0 aliphatic carbocycles. The molecule has 1 aliphatic rings. The van der Waals surface area contributed by atoms with Crippen molar-refractivity contribution in [3.8, 4) is 0 Å². The van der Waals surface area contributed by atoms with Gasteiger partial charge in [-0.3, -0.25) is 14.3 Å². The largest absolute Gasteiger partial charge is 0.347 e. The molecule has 31 heavy (non-hydrogen) atoms. The molecule has 0 spiro atoms. The minimum absolute atomic E-state index is 0.0557. The highest BCUT2D eigenvalue weighted by atomic mass is 32.2. The third kappa shape index (κ3) is 5.15. The molecule has 1 aromatic heterocycles. The number of nitrogens with one attached hydrogen (secondary N) is 1. The maximum Gasteiger partial charge on any atom is 0.337 e. The molecular weight excluding hydrogens is 414 g/mol. The average molecular weight is 448 g/mol. The fourth-order valence-electron chi connectivity index (χ4n) is 3.85. The molecule has 0 bridgehead atoms. The topological polar surface area (TPSA) is 79.6 Å². The van der Waals surface area contributed by atoms with Gasteiger partial charge in [-0.1, -0.05) is 32.4 Å². The van der Waals surface area contributed by atoms with Crippen LogP contribution >= 0.6 is 11.8 Å². The summed E-state index contributed by atoms with van der Waals surface area (Å²) in [5.41, 5.74) is 0.915. The van der Waals surface area contributed by atoms with Gasteiger partial charge in [0.2, 0.25) is 5.91 Å². The maximum absolute atomic E-state index is 13.3. The lowest BCUT2D eigenvalue weighted by atomic mass is 9.98. The van der Waals surface area contributed by atoms with Crippen LogP contribution < -0.4 is 11.0 Å². The van der Waals surface area contributed by atoms with Crippen LogP contribution in [0.15, 0.2) is 29.1 Å². The average Bonchev–Trinajstić information content (AvgIpc) is 3.06. The maximum atomic E-state index is 13.3. The van der Waals surface area contributed by atoms with E-state index in [1.165, 1.54) is 9.47 Å². The summed E-state index contributed by atoms with van der Waals surface area (Å²) < 4.78 is 2.84. The van der Waals surface area contributed by atoms with E-state index in [9.17, 15) is 14.4 Å². The molecule has 1 N–H and O–H groups in total. The number of likely N-dealkylation sites (N-methyl/N-ethyl adjacent to an activating group) is 1. The highest BCUT2D eigenvalue weighted by Crippen LogP contribution is 2.15.